The van der Waals surface area contributed by atoms with Gasteiger partial charge in [-0.25, -0.2) is 0 Å². The molecule has 0 fully saturated rings. The lowest BCUT2D eigenvalue weighted by molar-refractivity contribution is 0.467. The monoisotopic (exact) mass is 336 g/mol. The molecule has 2 aromatic rings. The highest BCUT2D eigenvalue weighted by Crippen LogP contribution is 2.40. The molecule has 0 amide bonds. The Balaban J connectivity index is 2.67. The molecule has 0 aliphatic heterocycles. The van der Waals surface area contributed by atoms with E-state index in [4.69, 9.17) is 0 Å². The van der Waals surface area contributed by atoms with Gasteiger partial charge in [-0.15, -0.1) is 13.2 Å². The lowest BCUT2D eigenvalue weighted by atomic mass is 9.72. The molecule has 0 aliphatic rings. The van der Waals surface area contributed by atoms with Gasteiger partial charge in [0.1, 0.15) is 11.5 Å². The van der Waals surface area contributed by atoms with Crippen LogP contribution in [0, 0.1) is 13.8 Å². The van der Waals surface area contributed by atoms with Crippen molar-refractivity contribution in [3.63, 3.8) is 0 Å². The molecule has 0 unspecified atom stereocenters. The minimum Gasteiger partial charge on any atom is -0.508 e. The van der Waals surface area contributed by atoms with Crippen molar-refractivity contribution in [1.29, 1.82) is 0 Å². The highest BCUT2D eigenvalue weighted by atomic mass is 16.3. The van der Waals surface area contributed by atoms with E-state index in [0.29, 0.717) is 24.3 Å². The number of hydrogen-bond acceptors (Lipinski definition) is 2. The Hall–Kier alpha value is -2.48. The third kappa shape index (κ3) is 3.34. The lowest BCUT2D eigenvalue weighted by Crippen LogP contribution is -2.23. The number of phenols is 2. The van der Waals surface area contributed by atoms with Crippen LogP contribution >= 0.6 is 0 Å². The van der Waals surface area contributed by atoms with E-state index in [2.05, 4.69) is 40.9 Å². The van der Waals surface area contributed by atoms with Crippen LogP contribution in [0.1, 0.15) is 47.2 Å². The Morgan fingerprint density at radius 1 is 0.800 bits per heavy atom. The second kappa shape index (κ2) is 7.18. The van der Waals surface area contributed by atoms with Crippen molar-refractivity contribution in [1.82, 2.24) is 0 Å². The minimum atomic E-state index is -0.262. The zero-order valence-electron chi connectivity index (χ0n) is 15.7. The van der Waals surface area contributed by atoms with Gasteiger partial charge in [-0.3, -0.25) is 0 Å². The molecule has 25 heavy (non-hydrogen) atoms. The summed E-state index contributed by atoms with van der Waals surface area (Å²) in [5.74, 6) is 0.624. The number of rotatable bonds is 6. The summed E-state index contributed by atoms with van der Waals surface area (Å²) in [5.41, 5.74) is 6.08. The van der Waals surface area contributed by atoms with Crippen LogP contribution in [0.5, 0.6) is 11.5 Å². The fourth-order valence-electron chi connectivity index (χ4n) is 3.79. The first-order valence-corrected chi connectivity index (χ1v) is 8.61. The van der Waals surface area contributed by atoms with Crippen LogP contribution in [-0.4, -0.2) is 10.2 Å². The molecule has 0 radical (unpaired) electrons. The summed E-state index contributed by atoms with van der Waals surface area (Å²) in [4.78, 5) is 0. The summed E-state index contributed by atoms with van der Waals surface area (Å²) in [7, 11) is 0. The van der Waals surface area contributed by atoms with Crippen molar-refractivity contribution in [2.45, 2.75) is 46.0 Å². The number of phenolic OH excluding ortho intramolecular Hbond substituents is 2. The molecule has 0 spiro atoms. The van der Waals surface area contributed by atoms with Gasteiger partial charge in [0.15, 0.2) is 0 Å². The highest BCUT2D eigenvalue weighted by Gasteiger charge is 2.29. The minimum absolute atomic E-state index is 0.262. The maximum atomic E-state index is 10.2. The normalized spacial score (nSPS) is 11.4. The fraction of sp³-hybridized carbons (Fsp3) is 0.304. The second-order valence-corrected chi connectivity index (χ2v) is 7.08. The molecule has 0 atom stereocenters. The number of hydrogen-bond donors (Lipinski definition) is 2. The largest absolute Gasteiger partial charge is 0.508 e. The fourth-order valence-corrected chi connectivity index (χ4v) is 3.79. The summed E-state index contributed by atoms with van der Waals surface area (Å²) in [6.07, 6.45) is 4.90. The Morgan fingerprint density at radius 2 is 1.16 bits per heavy atom. The summed E-state index contributed by atoms with van der Waals surface area (Å²) in [6.45, 7) is 16.1. The molecule has 0 heterocycles. The van der Waals surface area contributed by atoms with Crippen LogP contribution in [0.25, 0.3) is 0 Å². The van der Waals surface area contributed by atoms with Crippen LogP contribution in [-0.2, 0) is 18.3 Å². The summed E-state index contributed by atoms with van der Waals surface area (Å²) >= 11 is 0. The molecule has 132 valence electrons. The average molecular weight is 336 g/mol. The van der Waals surface area contributed by atoms with E-state index in [1.807, 2.05) is 24.3 Å². The van der Waals surface area contributed by atoms with E-state index in [9.17, 15) is 10.2 Å². The first-order chi connectivity index (χ1) is 11.8. The molecule has 0 saturated carbocycles. The third-order valence-corrected chi connectivity index (χ3v) is 5.19. The molecule has 2 rings (SSSR count). The second-order valence-electron chi connectivity index (χ2n) is 7.08. The smallest absolute Gasteiger partial charge is 0.119 e. The van der Waals surface area contributed by atoms with Gasteiger partial charge in [-0.2, -0.15) is 0 Å². The molecular weight excluding hydrogens is 308 g/mol. The van der Waals surface area contributed by atoms with E-state index in [1.165, 1.54) is 11.1 Å². The van der Waals surface area contributed by atoms with Crippen LogP contribution in [0.3, 0.4) is 0 Å². The van der Waals surface area contributed by atoms with Crippen LogP contribution in [0.2, 0.25) is 0 Å². The molecule has 0 bridgehead atoms. The Labute approximate surface area is 151 Å². The number of allylic oxidation sites excluding steroid dienone is 2. The maximum absolute atomic E-state index is 10.2. The van der Waals surface area contributed by atoms with Gasteiger partial charge in [0, 0.05) is 16.5 Å². The first-order valence-electron chi connectivity index (χ1n) is 8.61. The van der Waals surface area contributed by atoms with Gasteiger partial charge in [0.25, 0.3) is 0 Å². The Bertz CT molecular complexity index is 746. The maximum Gasteiger partial charge on any atom is 0.119 e. The van der Waals surface area contributed by atoms with Crippen LogP contribution in [0.15, 0.2) is 49.6 Å². The van der Waals surface area contributed by atoms with Gasteiger partial charge in [0.05, 0.1) is 0 Å². The van der Waals surface area contributed by atoms with Crippen molar-refractivity contribution >= 4 is 0 Å². The molecule has 2 nitrogen and oxygen atoms in total. The summed E-state index contributed by atoms with van der Waals surface area (Å²) in [5, 5.41) is 20.4. The average Bonchev–Trinajstić information content (AvgIpc) is 2.54. The van der Waals surface area contributed by atoms with Gasteiger partial charge < -0.3 is 10.2 Å². The highest BCUT2D eigenvalue weighted by molar-refractivity contribution is 5.55. The van der Waals surface area contributed by atoms with E-state index in [-0.39, 0.29) is 5.41 Å². The van der Waals surface area contributed by atoms with E-state index >= 15 is 0 Å². The standard InChI is InChI=1S/C23H28O2/c1-7-9-17-15(3)19(11-13-21(17)24)23(5,6)20-12-14-22(25)18(10-8-2)16(20)4/h7-8,11-14,24-25H,1-2,9-10H2,3-6H3. The molecular formula is C23H28O2. The van der Waals surface area contributed by atoms with E-state index in [0.717, 1.165) is 22.3 Å². The third-order valence-electron chi connectivity index (χ3n) is 5.19. The zero-order chi connectivity index (χ0) is 18.8. The molecule has 2 aromatic carbocycles. The predicted octanol–water partition coefficient (Wildman–Crippen LogP) is 5.50. The van der Waals surface area contributed by atoms with Crippen molar-refractivity contribution in [3.8, 4) is 11.5 Å². The van der Waals surface area contributed by atoms with Gasteiger partial charge in [-0.1, -0.05) is 38.1 Å². The van der Waals surface area contributed by atoms with Crippen molar-refractivity contribution < 1.29 is 10.2 Å². The van der Waals surface area contributed by atoms with Gasteiger partial charge >= 0.3 is 0 Å². The van der Waals surface area contributed by atoms with Crippen molar-refractivity contribution in [3.05, 3.63) is 83.0 Å². The lowest BCUT2D eigenvalue weighted by Gasteiger charge is -2.31. The SMILES string of the molecule is C=CCc1c(O)ccc(C(C)(C)c2ccc(O)c(CC=C)c2C)c1C. The number of aromatic hydroxyl groups is 2. The van der Waals surface area contributed by atoms with E-state index in [1.54, 1.807) is 12.1 Å². The Kier molecular flexibility index (Phi) is 5.42. The van der Waals surface area contributed by atoms with Crippen LogP contribution in [0.4, 0.5) is 0 Å². The van der Waals surface area contributed by atoms with Gasteiger partial charge in [0.2, 0.25) is 0 Å². The van der Waals surface area contributed by atoms with Crippen molar-refractivity contribution in [2.24, 2.45) is 0 Å². The molecule has 0 aromatic heterocycles. The topological polar surface area (TPSA) is 40.5 Å². The summed E-state index contributed by atoms with van der Waals surface area (Å²) < 4.78 is 0. The first kappa shape index (κ1) is 18.9. The molecule has 2 N–H and O–H groups in total. The zero-order valence-corrected chi connectivity index (χ0v) is 15.7. The molecule has 0 saturated heterocycles. The summed E-state index contributed by atoms with van der Waals surface area (Å²) in [6, 6.07) is 7.53. The Morgan fingerprint density at radius 3 is 1.48 bits per heavy atom. The predicted molar refractivity (Wildman–Crippen MR) is 106 cm³/mol. The van der Waals surface area contributed by atoms with Crippen LogP contribution < -0.4 is 0 Å². The molecule has 0 aliphatic carbocycles. The van der Waals surface area contributed by atoms with Gasteiger partial charge in [-0.05, 0) is 61.1 Å². The van der Waals surface area contributed by atoms with E-state index < -0.39 is 0 Å². The quantitative estimate of drug-likeness (QED) is 0.684. The molecule has 2 heteroatoms. The van der Waals surface area contributed by atoms with Crippen molar-refractivity contribution in [2.75, 3.05) is 0 Å². The number of benzene rings is 2.